The summed E-state index contributed by atoms with van der Waals surface area (Å²) in [7, 11) is 4.03. The van der Waals surface area contributed by atoms with Gasteiger partial charge in [0.15, 0.2) is 0 Å². The molecule has 1 amide bonds. The van der Waals surface area contributed by atoms with E-state index in [0.717, 1.165) is 30.9 Å². The summed E-state index contributed by atoms with van der Waals surface area (Å²) in [5.41, 5.74) is 0.819. The van der Waals surface area contributed by atoms with Crippen molar-refractivity contribution in [1.82, 2.24) is 10.2 Å². The van der Waals surface area contributed by atoms with Gasteiger partial charge >= 0.3 is 0 Å². The van der Waals surface area contributed by atoms with Crippen LogP contribution >= 0.6 is 0 Å². The molecule has 21 heavy (non-hydrogen) atoms. The number of hydrogen-bond donors (Lipinski definition) is 2. The summed E-state index contributed by atoms with van der Waals surface area (Å²) in [6.45, 7) is 4.51. The molecular weight excluding hydrogens is 266 g/mol. The summed E-state index contributed by atoms with van der Waals surface area (Å²) in [4.78, 5) is 14.2. The highest BCUT2D eigenvalue weighted by Gasteiger charge is 2.29. The SMILES string of the molecule is CC1NCCC1C(=O)Nc1ccc(OCCN(C)C)cc1. The van der Waals surface area contributed by atoms with Crippen LogP contribution in [0.5, 0.6) is 5.75 Å². The predicted octanol–water partition coefficient (Wildman–Crippen LogP) is 1.56. The Morgan fingerprint density at radius 3 is 2.67 bits per heavy atom. The zero-order valence-corrected chi connectivity index (χ0v) is 13.1. The molecule has 5 heteroatoms. The minimum Gasteiger partial charge on any atom is -0.492 e. The fourth-order valence-corrected chi connectivity index (χ4v) is 2.43. The third-order valence-electron chi connectivity index (χ3n) is 3.79. The number of amides is 1. The van der Waals surface area contributed by atoms with Gasteiger partial charge in [-0.15, -0.1) is 0 Å². The molecule has 0 radical (unpaired) electrons. The van der Waals surface area contributed by atoms with Crippen LogP contribution in [0.1, 0.15) is 13.3 Å². The van der Waals surface area contributed by atoms with Crippen molar-refractivity contribution in [3.05, 3.63) is 24.3 Å². The van der Waals surface area contributed by atoms with Crippen molar-refractivity contribution < 1.29 is 9.53 Å². The molecule has 2 unspecified atom stereocenters. The smallest absolute Gasteiger partial charge is 0.229 e. The second-order valence-corrected chi connectivity index (χ2v) is 5.80. The van der Waals surface area contributed by atoms with E-state index in [0.29, 0.717) is 6.61 Å². The van der Waals surface area contributed by atoms with E-state index >= 15 is 0 Å². The van der Waals surface area contributed by atoms with Gasteiger partial charge in [0.05, 0.1) is 5.92 Å². The van der Waals surface area contributed by atoms with Crippen LogP contribution in [-0.4, -0.2) is 50.6 Å². The minimum absolute atomic E-state index is 0.0565. The first-order valence-electron chi connectivity index (χ1n) is 7.48. The number of hydrogen-bond acceptors (Lipinski definition) is 4. The van der Waals surface area contributed by atoms with Gasteiger partial charge in [-0.1, -0.05) is 0 Å². The Labute approximate surface area is 126 Å². The maximum absolute atomic E-state index is 12.2. The van der Waals surface area contributed by atoms with Gasteiger partial charge in [-0.2, -0.15) is 0 Å². The number of likely N-dealkylation sites (N-methyl/N-ethyl adjacent to an activating group) is 1. The average Bonchev–Trinajstić information content (AvgIpc) is 2.87. The highest BCUT2D eigenvalue weighted by molar-refractivity contribution is 5.93. The zero-order valence-electron chi connectivity index (χ0n) is 13.1. The largest absolute Gasteiger partial charge is 0.492 e. The molecule has 0 saturated carbocycles. The lowest BCUT2D eigenvalue weighted by molar-refractivity contribution is -0.120. The molecule has 0 aromatic heterocycles. The molecule has 1 aliphatic heterocycles. The molecule has 2 N–H and O–H groups in total. The normalized spacial score (nSPS) is 21.5. The Morgan fingerprint density at radius 1 is 1.38 bits per heavy atom. The monoisotopic (exact) mass is 291 g/mol. The van der Waals surface area contributed by atoms with Crippen molar-refractivity contribution in [2.24, 2.45) is 5.92 Å². The number of benzene rings is 1. The Balaban J connectivity index is 1.83. The van der Waals surface area contributed by atoms with Crippen LogP contribution in [-0.2, 0) is 4.79 Å². The average molecular weight is 291 g/mol. The van der Waals surface area contributed by atoms with Gasteiger partial charge in [-0.05, 0) is 58.3 Å². The van der Waals surface area contributed by atoms with Crippen molar-refractivity contribution in [2.75, 3.05) is 39.1 Å². The maximum Gasteiger partial charge on any atom is 0.229 e. The molecule has 0 spiro atoms. The molecule has 1 aromatic carbocycles. The molecule has 2 rings (SSSR count). The molecule has 1 aromatic rings. The lowest BCUT2D eigenvalue weighted by Crippen LogP contribution is -2.32. The number of ether oxygens (including phenoxy) is 1. The number of carbonyl (C=O) groups excluding carboxylic acids is 1. The third kappa shape index (κ3) is 4.72. The van der Waals surface area contributed by atoms with Crippen molar-refractivity contribution in [1.29, 1.82) is 0 Å². The van der Waals surface area contributed by atoms with Gasteiger partial charge in [0, 0.05) is 18.3 Å². The molecule has 116 valence electrons. The standard InChI is InChI=1S/C16H25N3O2/c1-12-15(8-9-17-12)16(20)18-13-4-6-14(7-5-13)21-11-10-19(2)3/h4-7,12,15,17H,8-11H2,1-3H3,(H,18,20). The summed E-state index contributed by atoms with van der Waals surface area (Å²) < 4.78 is 5.63. The van der Waals surface area contributed by atoms with Crippen molar-refractivity contribution >= 4 is 11.6 Å². The molecule has 1 heterocycles. The quantitative estimate of drug-likeness (QED) is 0.835. The van der Waals surface area contributed by atoms with Crippen LogP contribution in [0.25, 0.3) is 0 Å². The Morgan fingerprint density at radius 2 is 2.10 bits per heavy atom. The zero-order chi connectivity index (χ0) is 15.2. The van der Waals surface area contributed by atoms with Crippen molar-refractivity contribution in [3.8, 4) is 5.75 Å². The third-order valence-corrected chi connectivity index (χ3v) is 3.79. The summed E-state index contributed by atoms with van der Waals surface area (Å²) in [5, 5.41) is 6.27. The van der Waals surface area contributed by atoms with Crippen LogP contribution in [0, 0.1) is 5.92 Å². The van der Waals surface area contributed by atoms with E-state index in [1.807, 2.05) is 38.4 Å². The number of nitrogens with one attached hydrogen (secondary N) is 2. The molecule has 5 nitrogen and oxygen atoms in total. The Bertz CT molecular complexity index is 459. The second-order valence-electron chi connectivity index (χ2n) is 5.80. The van der Waals surface area contributed by atoms with Crippen molar-refractivity contribution in [2.45, 2.75) is 19.4 Å². The fourth-order valence-electron chi connectivity index (χ4n) is 2.43. The summed E-state index contributed by atoms with van der Waals surface area (Å²) in [5.74, 6) is 0.973. The molecular formula is C16H25N3O2. The van der Waals surface area contributed by atoms with Crippen LogP contribution in [0.4, 0.5) is 5.69 Å². The number of carbonyl (C=O) groups is 1. The van der Waals surface area contributed by atoms with Crippen LogP contribution in [0.3, 0.4) is 0 Å². The summed E-state index contributed by atoms with van der Waals surface area (Å²) in [6, 6.07) is 7.80. The Kier molecular flexibility index (Phi) is 5.59. The van der Waals surface area contributed by atoms with Crippen LogP contribution in [0.15, 0.2) is 24.3 Å². The first-order valence-corrected chi connectivity index (χ1v) is 7.48. The molecule has 1 fully saturated rings. The van der Waals surface area contributed by atoms with E-state index in [4.69, 9.17) is 4.74 Å². The van der Waals surface area contributed by atoms with Gasteiger partial charge in [-0.25, -0.2) is 0 Å². The first-order chi connectivity index (χ1) is 10.1. The summed E-state index contributed by atoms with van der Waals surface area (Å²) >= 11 is 0. The van der Waals surface area contributed by atoms with E-state index in [9.17, 15) is 4.79 Å². The lowest BCUT2D eigenvalue weighted by Gasteiger charge is -2.15. The van der Waals surface area contributed by atoms with Crippen molar-refractivity contribution in [3.63, 3.8) is 0 Å². The lowest BCUT2D eigenvalue weighted by atomic mass is 10.0. The van der Waals surface area contributed by atoms with E-state index in [-0.39, 0.29) is 17.9 Å². The number of anilines is 1. The van der Waals surface area contributed by atoms with Gasteiger partial charge in [0.2, 0.25) is 5.91 Å². The van der Waals surface area contributed by atoms with E-state index in [1.165, 1.54) is 0 Å². The van der Waals surface area contributed by atoms with Gasteiger partial charge in [0.1, 0.15) is 12.4 Å². The first kappa shape index (κ1) is 15.8. The Hall–Kier alpha value is -1.59. The minimum atomic E-state index is 0.0565. The van der Waals surface area contributed by atoms with E-state index in [2.05, 4.69) is 22.5 Å². The second kappa shape index (κ2) is 7.43. The molecule has 0 aliphatic carbocycles. The van der Waals surface area contributed by atoms with Gasteiger partial charge in [0.25, 0.3) is 0 Å². The van der Waals surface area contributed by atoms with Gasteiger partial charge < -0.3 is 20.3 Å². The number of rotatable bonds is 6. The molecule has 0 bridgehead atoms. The summed E-state index contributed by atoms with van der Waals surface area (Å²) in [6.07, 6.45) is 0.902. The molecule has 2 atom stereocenters. The van der Waals surface area contributed by atoms with E-state index in [1.54, 1.807) is 0 Å². The van der Waals surface area contributed by atoms with Gasteiger partial charge in [-0.3, -0.25) is 4.79 Å². The highest BCUT2D eigenvalue weighted by Crippen LogP contribution is 2.20. The highest BCUT2D eigenvalue weighted by atomic mass is 16.5. The van der Waals surface area contributed by atoms with Crippen LogP contribution in [0.2, 0.25) is 0 Å². The topological polar surface area (TPSA) is 53.6 Å². The molecule has 1 saturated heterocycles. The van der Waals surface area contributed by atoms with E-state index < -0.39 is 0 Å². The molecule has 1 aliphatic rings. The predicted molar refractivity (Wildman–Crippen MR) is 84.7 cm³/mol. The maximum atomic E-state index is 12.2. The number of nitrogens with zero attached hydrogens (tertiary/aromatic N) is 1. The van der Waals surface area contributed by atoms with Crippen LogP contribution < -0.4 is 15.4 Å². The fraction of sp³-hybridized carbons (Fsp3) is 0.562.